The summed E-state index contributed by atoms with van der Waals surface area (Å²) in [6, 6.07) is 7.00. The van der Waals surface area contributed by atoms with Gasteiger partial charge in [0.25, 0.3) is 5.91 Å². The van der Waals surface area contributed by atoms with Crippen LogP contribution in [-0.4, -0.2) is 74.2 Å². The Kier molecular flexibility index (Phi) is 8.67. The number of carbonyl (C=O) groups is 3. The van der Waals surface area contributed by atoms with Crippen LogP contribution in [0.5, 0.6) is 0 Å². The number of halogens is 1. The maximum Gasteiger partial charge on any atom is 0.417 e. The lowest BCUT2D eigenvalue weighted by Gasteiger charge is -2.33. The van der Waals surface area contributed by atoms with Crippen molar-refractivity contribution < 1.29 is 28.2 Å². The molecule has 0 spiro atoms. The lowest BCUT2D eigenvalue weighted by Crippen LogP contribution is -2.46. The largest absolute Gasteiger partial charge is 0.444 e. The zero-order valence-electron chi connectivity index (χ0n) is 26.3. The second-order valence-corrected chi connectivity index (χ2v) is 13.0. The van der Waals surface area contributed by atoms with E-state index in [-0.39, 0.29) is 18.2 Å². The van der Waals surface area contributed by atoms with Gasteiger partial charge in [-0.1, -0.05) is 23.8 Å². The Morgan fingerprint density at radius 1 is 1.12 bits per heavy atom. The van der Waals surface area contributed by atoms with E-state index in [0.29, 0.717) is 46.5 Å². The summed E-state index contributed by atoms with van der Waals surface area (Å²) < 4.78 is 25.4. The number of aryl methyl sites for hydroxylation is 1. The van der Waals surface area contributed by atoms with Crippen LogP contribution < -0.4 is 0 Å². The van der Waals surface area contributed by atoms with Crippen LogP contribution in [0, 0.1) is 12.9 Å². The average molecular weight is 594 g/mol. The molecule has 4 rings (SSSR count). The molecule has 1 aliphatic rings. The van der Waals surface area contributed by atoms with Gasteiger partial charge in [0.1, 0.15) is 16.7 Å². The predicted octanol–water partition coefficient (Wildman–Crippen LogP) is 6.75. The van der Waals surface area contributed by atoms with E-state index in [1.165, 1.54) is 4.90 Å². The van der Waals surface area contributed by atoms with E-state index in [9.17, 15) is 18.8 Å². The summed E-state index contributed by atoms with van der Waals surface area (Å²) >= 11 is 0. The van der Waals surface area contributed by atoms with E-state index in [1.807, 2.05) is 33.8 Å². The van der Waals surface area contributed by atoms with Crippen LogP contribution in [0.4, 0.5) is 14.0 Å². The molecular weight excluding hydrogens is 553 g/mol. The van der Waals surface area contributed by atoms with Gasteiger partial charge in [-0.05, 0) is 73.9 Å². The lowest BCUT2D eigenvalue weighted by atomic mass is 9.90. The number of nitrogens with one attached hydrogen (secondary N) is 1. The number of aromatic nitrogens is 3. The summed E-state index contributed by atoms with van der Waals surface area (Å²) in [6.45, 7) is 14.6. The van der Waals surface area contributed by atoms with E-state index in [4.69, 9.17) is 9.47 Å². The summed E-state index contributed by atoms with van der Waals surface area (Å²) in [5.41, 5.74) is 2.76. The number of nitrogens with zero attached hydrogens (tertiary/aromatic N) is 4. The smallest absolute Gasteiger partial charge is 0.417 e. The molecule has 3 amide bonds. The van der Waals surface area contributed by atoms with Crippen LogP contribution in [0.1, 0.15) is 82.6 Å². The number of H-pyrrole nitrogens is 1. The van der Waals surface area contributed by atoms with Crippen molar-refractivity contribution in [1.29, 1.82) is 0 Å². The van der Waals surface area contributed by atoms with Gasteiger partial charge in [-0.25, -0.2) is 24.5 Å². The van der Waals surface area contributed by atoms with Crippen molar-refractivity contribution in [3.05, 3.63) is 58.8 Å². The zero-order chi connectivity index (χ0) is 31.9. The molecule has 230 valence electrons. The molecule has 1 aromatic carbocycles. The molecule has 1 unspecified atom stereocenters. The van der Waals surface area contributed by atoms with E-state index >= 15 is 0 Å². The van der Waals surface area contributed by atoms with Crippen LogP contribution in [0.3, 0.4) is 0 Å². The summed E-state index contributed by atoms with van der Waals surface area (Å²) in [6.07, 6.45) is 1.26. The molecule has 1 atom stereocenters. The van der Waals surface area contributed by atoms with Crippen molar-refractivity contribution >= 4 is 29.1 Å². The van der Waals surface area contributed by atoms with Crippen molar-refractivity contribution in [3.63, 3.8) is 0 Å². The third kappa shape index (κ3) is 7.39. The number of carbonyl (C=O) groups excluding carboxylic acids is 3. The number of amides is 3. The van der Waals surface area contributed by atoms with Crippen molar-refractivity contribution in [2.75, 3.05) is 20.1 Å². The molecule has 2 aromatic heterocycles. The first-order valence-electron chi connectivity index (χ1n) is 14.2. The number of benzene rings is 1. The Hall–Kier alpha value is -4.28. The van der Waals surface area contributed by atoms with E-state index < -0.39 is 35.2 Å². The molecule has 0 bridgehead atoms. The highest BCUT2D eigenvalue weighted by Gasteiger charge is 2.39. The van der Waals surface area contributed by atoms with Crippen LogP contribution in [0.2, 0.25) is 0 Å². The molecule has 0 saturated heterocycles. The molecule has 1 N–H and O–H groups in total. The zero-order valence-corrected chi connectivity index (χ0v) is 26.3. The first kappa shape index (κ1) is 31.7. The average Bonchev–Trinajstić information content (AvgIpc) is 3.33. The van der Waals surface area contributed by atoms with Gasteiger partial charge in [0, 0.05) is 43.0 Å². The second-order valence-electron chi connectivity index (χ2n) is 13.0. The van der Waals surface area contributed by atoms with Crippen molar-refractivity contribution in [1.82, 2.24) is 24.8 Å². The van der Waals surface area contributed by atoms with Crippen LogP contribution in [0.15, 0.2) is 35.9 Å². The van der Waals surface area contributed by atoms with Gasteiger partial charge in [0.15, 0.2) is 0 Å². The summed E-state index contributed by atoms with van der Waals surface area (Å²) in [4.78, 5) is 53.6. The molecule has 0 saturated carbocycles. The maximum absolute atomic E-state index is 14.4. The van der Waals surface area contributed by atoms with Crippen molar-refractivity contribution in [2.45, 2.75) is 78.9 Å². The molecule has 0 radical (unpaired) electrons. The van der Waals surface area contributed by atoms with Gasteiger partial charge >= 0.3 is 12.2 Å². The summed E-state index contributed by atoms with van der Waals surface area (Å²) in [5, 5.41) is 0. The number of rotatable bonds is 5. The fraction of sp³-hybridized carbons (Fsp3) is 0.469. The Morgan fingerprint density at radius 2 is 1.79 bits per heavy atom. The fourth-order valence-corrected chi connectivity index (χ4v) is 4.84. The molecule has 3 aromatic rings. The minimum absolute atomic E-state index is 0.0942. The van der Waals surface area contributed by atoms with Crippen molar-refractivity contribution in [2.24, 2.45) is 0 Å². The number of hydrogen-bond acceptors (Lipinski definition) is 7. The molecule has 1 aliphatic heterocycles. The predicted molar refractivity (Wildman–Crippen MR) is 161 cm³/mol. The topological polar surface area (TPSA) is 118 Å². The molecule has 3 heterocycles. The standard InChI is InChI=1S/C32H40FN5O5/c1-18(13-14-37(9)29(40)42-31(3,4)5)15-20-17-38(30(41)43-32(6,7)8)28(39)22-16-24(35-25(20)22)21-11-10-12-23-26(21)36-27(33)19(2)34-23/h10-13,16,20,35H,14-15,17H2,1-9H3. The minimum atomic E-state index is -0.789. The Labute approximate surface area is 251 Å². The summed E-state index contributed by atoms with van der Waals surface area (Å²) in [7, 11) is 1.66. The number of aromatic amines is 1. The number of likely N-dealkylation sites (N-methyl/N-ethyl adjacent to an activating group) is 1. The fourth-order valence-electron chi connectivity index (χ4n) is 4.84. The van der Waals surface area contributed by atoms with Gasteiger partial charge in [-0.15, -0.1) is 0 Å². The van der Waals surface area contributed by atoms with E-state index in [1.54, 1.807) is 59.0 Å². The van der Waals surface area contributed by atoms with Gasteiger partial charge < -0.3 is 19.4 Å². The maximum atomic E-state index is 14.4. The van der Waals surface area contributed by atoms with Gasteiger partial charge in [-0.2, -0.15) is 4.39 Å². The highest BCUT2D eigenvalue weighted by molar-refractivity contribution is 6.06. The van der Waals surface area contributed by atoms with Gasteiger partial charge in [0.05, 0.1) is 16.8 Å². The Bertz CT molecular complexity index is 1600. The molecule has 10 nitrogen and oxygen atoms in total. The number of fused-ring (bicyclic) bond motifs is 2. The minimum Gasteiger partial charge on any atom is -0.444 e. The first-order chi connectivity index (χ1) is 19.9. The number of ether oxygens (including phenoxy) is 2. The quantitative estimate of drug-likeness (QED) is 0.325. The molecule has 0 aliphatic carbocycles. The Morgan fingerprint density at radius 3 is 2.44 bits per heavy atom. The van der Waals surface area contributed by atoms with Crippen molar-refractivity contribution in [3.8, 4) is 11.3 Å². The SMILES string of the molecule is CC(=CCN(C)C(=O)OC(C)(C)C)CC1CN(C(=O)OC(C)(C)C)C(=O)c2cc(-c3cccc4nc(C)c(F)nc34)[nH]c21. The van der Waals surface area contributed by atoms with Gasteiger partial charge in [0.2, 0.25) is 5.95 Å². The first-order valence-corrected chi connectivity index (χ1v) is 14.2. The third-order valence-corrected chi connectivity index (χ3v) is 6.84. The monoisotopic (exact) mass is 593 g/mol. The van der Waals surface area contributed by atoms with Crippen LogP contribution in [-0.2, 0) is 9.47 Å². The number of hydrogen-bond donors (Lipinski definition) is 1. The molecule has 43 heavy (non-hydrogen) atoms. The van der Waals surface area contributed by atoms with Gasteiger partial charge in [-0.3, -0.25) is 4.79 Å². The normalized spacial score (nSPS) is 15.9. The second kappa shape index (κ2) is 11.8. The lowest BCUT2D eigenvalue weighted by molar-refractivity contribution is 0.0215. The molecule has 0 fully saturated rings. The van der Waals surface area contributed by atoms with E-state index in [2.05, 4.69) is 15.0 Å². The number of imide groups is 1. The van der Waals surface area contributed by atoms with Crippen LogP contribution in [0.25, 0.3) is 22.3 Å². The number of para-hydroxylation sites is 1. The van der Waals surface area contributed by atoms with E-state index in [0.717, 1.165) is 10.5 Å². The molecular formula is C32H40FN5O5. The number of allylic oxidation sites excluding steroid dienone is 1. The highest BCUT2D eigenvalue weighted by Crippen LogP contribution is 2.37. The Balaban J connectivity index is 1.69. The molecule has 11 heteroatoms. The third-order valence-electron chi connectivity index (χ3n) is 6.84. The summed E-state index contributed by atoms with van der Waals surface area (Å²) in [5.74, 6) is -1.45. The highest BCUT2D eigenvalue weighted by atomic mass is 19.1. The van der Waals surface area contributed by atoms with Crippen LogP contribution >= 0.6 is 0 Å².